The van der Waals surface area contributed by atoms with E-state index in [1.54, 1.807) is 6.21 Å². The lowest BCUT2D eigenvalue weighted by molar-refractivity contribution is 0.267. The molecule has 0 fully saturated rings. The predicted octanol–water partition coefficient (Wildman–Crippen LogP) is 6.86. The first-order valence-electron chi connectivity index (χ1n) is 9.39. The quantitative estimate of drug-likeness (QED) is 0.254. The molecule has 156 valence electrons. The molecular weight excluding hydrogens is 487 g/mol. The predicted molar refractivity (Wildman–Crippen MR) is 127 cm³/mol. The second-order valence-corrected chi connectivity index (χ2v) is 8.06. The maximum atomic E-state index is 6.16. The van der Waals surface area contributed by atoms with Gasteiger partial charge in [0.05, 0.1) is 23.8 Å². The first kappa shape index (κ1) is 22.5. The molecule has 3 aromatic rings. The van der Waals surface area contributed by atoms with Gasteiger partial charge in [-0.25, -0.2) is 0 Å². The van der Waals surface area contributed by atoms with Crippen LogP contribution < -0.4 is 14.9 Å². The van der Waals surface area contributed by atoms with Crippen molar-refractivity contribution >= 4 is 45.3 Å². The molecule has 3 aromatic carbocycles. The van der Waals surface area contributed by atoms with E-state index in [4.69, 9.17) is 32.7 Å². The van der Waals surface area contributed by atoms with Crippen LogP contribution in [0, 0.1) is 0 Å². The van der Waals surface area contributed by atoms with Crippen LogP contribution in [0.15, 0.2) is 70.2 Å². The maximum Gasteiger partial charge on any atom is 0.175 e. The highest BCUT2D eigenvalue weighted by molar-refractivity contribution is 9.10. The van der Waals surface area contributed by atoms with Crippen molar-refractivity contribution in [3.63, 3.8) is 0 Å². The van der Waals surface area contributed by atoms with Gasteiger partial charge >= 0.3 is 0 Å². The first-order chi connectivity index (χ1) is 14.6. The third kappa shape index (κ3) is 6.39. The molecule has 0 aliphatic heterocycles. The monoisotopic (exact) mass is 506 g/mol. The third-order valence-corrected chi connectivity index (χ3v) is 5.37. The van der Waals surface area contributed by atoms with Gasteiger partial charge in [0.1, 0.15) is 6.61 Å². The van der Waals surface area contributed by atoms with Gasteiger partial charge in [0, 0.05) is 10.0 Å². The van der Waals surface area contributed by atoms with Gasteiger partial charge in [0.25, 0.3) is 0 Å². The average molecular weight is 508 g/mol. The Balaban J connectivity index is 1.68. The SMILES string of the molecule is CCOc1cc(/C=N\NCc2ccccc2Cl)cc(Br)c1OCc1ccc(Cl)cc1. The van der Waals surface area contributed by atoms with E-state index in [2.05, 4.69) is 26.5 Å². The summed E-state index contributed by atoms with van der Waals surface area (Å²) in [6.07, 6.45) is 1.73. The fourth-order valence-electron chi connectivity index (χ4n) is 2.69. The van der Waals surface area contributed by atoms with Crippen molar-refractivity contribution in [2.45, 2.75) is 20.1 Å². The van der Waals surface area contributed by atoms with Crippen molar-refractivity contribution in [1.29, 1.82) is 0 Å². The van der Waals surface area contributed by atoms with Crippen LogP contribution >= 0.6 is 39.1 Å². The summed E-state index contributed by atoms with van der Waals surface area (Å²) in [6, 6.07) is 19.0. The zero-order chi connectivity index (χ0) is 21.3. The van der Waals surface area contributed by atoms with Crippen molar-refractivity contribution in [3.05, 3.63) is 91.9 Å². The molecule has 0 atom stereocenters. The zero-order valence-corrected chi connectivity index (χ0v) is 19.5. The molecule has 0 spiro atoms. The molecule has 7 heteroatoms. The molecule has 3 rings (SSSR count). The van der Waals surface area contributed by atoms with Gasteiger partial charge in [-0.3, -0.25) is 0 Å². The summed E-state index contributed by atoms with van der Waals surface area (Å²) in [4.78, 5) is 0. The standard InChI is InChI=1S/C23H21BrCl2N2O2/c1-2-29-22-12-17(13-27-28-14-18-5-3-4-6-21(18)26)11-20(24)23(22)30-15-16-7-9-19(25)10-8-16/h3-13,28H,2,14-15H2,1H3/b27-13-. The molecule has 0 aromatic heterocycles. The fourth-order valence-corrected chi connectivity index (χ4v) is 3.60. The summed E-state index contributed by atoms with van der Waals surface area (Å²) < 4.78 is 12.6. The van der Waals surface area contributed by atoms with Gasteiger partial charge in [-0.1, -0.05) is 53.5 Å². The molecule has 0 radical (unpaired) electrons. The van der Waals surface area contributed by atoms with E-state index in [0.29, 0.717) is 41.3 Å². The molecular formula is C23H21BrCl2N2O2. The summed E-state index contributed by atoms with van der Waals surface area (Å²) in [7, 11) is 0. The van der Waals surface area contributed by atoms with Crippen LogP contribution in [0.3, 0.4) is 0 Å². The van der Waals surface area contributed by atoms with E-state index >= 15 is 0 Å². The molecule has 0 bridgehead atoms. The maximum absolute atomic E-state index is 6.16. The number of halogens is 3. The number of benzene rings is 3. The number of hydrazone groups is 1. The van der Waals surface area contributed by atoms with Crippen molar-refractivity contribution < 1.29 is 9.47 Å². The number of rotatable bonds is 9. The molecule has 0 saturated heterocycles. The normalized spacial score (nSPS) is 10.9. The molecule has 0 saturated carbocycles. The summed E-state index contributed by atoms with van der Waals surface area (Å²) in [5.41, 5.74) is 5.89. The number of nitrogens with one attached hydrogen (secondary N) is 1. The lowest BCUT2D eigenvalue weighted by Crippen LogP contribution is -2.06. The lowest BCUT2D eigenvalue weighted by Gasteiger charge is -2.15. The molecule has 0 heterocycles. The Morgan fingerprint density at radius 2 is 1.80 bits per heavy atom. The zero-order valence-electron chi connectivity index (χ0n) is 16.4. The summed E-state index contributed by atoms with van der Waals surface area (Å²) in [6.45, 7) is 3.40. The van der Waals surface area contributed by atoms with Gasteiger partial charge in [-0.05, 0) is 69.9 Å². The van der Waals surface area contributed by atoms with Crippen LogP contribution in [0.25, 0.3) is 0 Å². The second-order valence-electron chi connectivity index (χ2n) is 6.36. The Hall–Kier alpha value is -2.21. The molecule has 30 heavy (non-hydrogen) atoms. The Morgan fingerprint density at radius 3 is 2.53 bits per heavy atom. The summed E-state index contributed by atoms with van der Waals surface area (Å²) >= 11 is 15.7. The average Bonchev–Trinajstić information content (AvgIpc) is 2.73. The van der Waals surface area contributed by atoms with E-state index in [1.165, 1.54) is 0 Å². The Bertz CT molecular complexity index is 1010. The van der Waals surface area contributed by atoms with Gasteiger partial charge in [-0.15, -0.1) is 0 Å². The highest BCUT2D eigenvalue weighted by Crippen LogP contribution is 2.37. The highest BCUT2D eigenvalue weighted by Gasteiger charge is 2.12. The number of nitrogens with zero attached hydrogens (tertiary/aromatic N) is 1. The van der Waals surface area contributed by atoms with Crippen LogP contribution in [-0.2, 0) is 13.2 Å². The topological polar surface area (TPSA) is 42.8 Å². The third-order valence-electron chi connectivity index (χ3n) is 4.16. The van der Waals surface area contributed by atoms with Crippen LogP contribution in [0.1, 0.15) is 23.6 Å². The van der Waals surface area contributed by atoms with Crippen LogP contribution in [0.4, 0.5) is 0 Å². The molecule has 4 nitrogen and oxygen atoms in total. The van der Waals surface area contributed by atoms with Crippen molar-refractivity contribution in [2.75, 3.05) is 6.61 Å². The van der Waals surface area contributed by atoms with E-state index in [0.717, 1.165) is 21.2 Å². The molecule has 0 unspecified atom stereocenters. The second kappa shape index (κ2) is 11.3. The van der Waals surface area contributed by atoms with Crippen LogP contribution in [0.5, 0.6) is 11.5 Å². The van der Waals surface area contributed by atoms with Crippen molar-refractivity contribution in [3.8, 4) is 11.5 Å². The number of ether oxygens (including phenoxy) is 2. The largest absolute Gasteiger partial charge is 0.490 e. The van der Waals surface area contributed by atoms with Crippen LogP contribution in [-0.4, -0.2) is 12.8 Å². The highest BCUT2D eigenvalue weighted by atomic mass is 79.9. The Kier molecular flexibility index (Phi) is 8.43. The smallest absolute Gasteiger partial charge is 0.175 e. The summed E-state index contributed by atoms with van der Waals surface area (Å²) in [5.74, 6) is 1.29. The first-order valence-corrected chi connectivity index (χ1v) is 10.9. The molecule has 1 N–H and O–H groups in total. The Morgan fingerprint density at radius 1 is 1.03 bits per heavy atom. The Labute approximate surface area is 194 Å². The van der Waals surface area contributed by atoms with Gasteiger partial charge in [0.15, 0.2) is 11.5 Å². The minimum absolute atomic E-state index is 0.405. The van der Waals surface area contributed by atoms with Crippen molar-refractivity contribution in [1.82, 2.24) is 5.43 Å². The lowest BCUT2D eigenvalue weighted by atomic mass is 10.2. The van der Waals surface area contributed by atoms with Gasteiger partial charge < -0.3 is 14.9 Å². The molecule has 0 aliphatic carbocycles. The fraction of sp³-hybridized carbons (Fsp3) is 0.174. The van der Waals surface area contributed by atoms with Crippen LogP contribution in [0.2, 0.25) is 10.0 Å². The van der Waals surface area contributed by atoms with E-state index in [1.807, 2.05) is 67.6 Å². The number of hydrogen-bond acceptors (Lipinski definition) is 4. The molecule has 0 amide bonds. The summed E-state index contributed by atoms with van der Waals surface area (Å²) in [5, 5.41) is 5.70. The van der Waals surface area contributed by atoms with E-state index in [9.17, 15) is 0 Å². The minimum atomic E-state index is 0.405. The molecule has 0 aliphatic rings. The van der Waals surface area contributed by atoms with Gasteiger partial charge in [-0.2, -0.15) is 5.10 Å². The van der Waals surface area contributed by atoms with E-state index in [-0.39, 0.29) is 0 Å². The minimum Gasteiger partial charge on any atom is -0.490 e. The number of hydrogen-bond donors (Lipinski definition) is 1. The van der Waals surface area contributed by atoms with E-state index < -0.39 is 0 Å². The van der Waals surface area contributed by atoms with Crippen molar-refractivity contribution in [2.24, 2.45) is 5.10 Å². The van der Waals surface area contributed by atoms with Gasteiger partial charge in [0.2, 0.25) is 0 Å².